The van der Waals surface area contributed by atoms with E-state index < -0.39 is 11.9 Å². The van der Waals surface area contributed by atoms with Crippen LogP contribution in [0.2, 0.25) is 0 Å². The fourth-order valence-corrected chi connectivity index (χ4v) is 4.09. The highest BCUT2D eigenvalue weighted by molar-refractivity contribution is 6.02. The van der Waals surface area contributed by atoms with Crippen LogP contribution >= 0.6 is 0 Å². The number of methoxy groups -OCH3 is 1. The molecule has 7 nitrogen and oxygen atoms in total. The predicted molar refractivity (Wildman–Crippen MR) is 122 cm³/mol. The third kappa shape index (κ3) is 3.54. The number of aromatic nitrogens is 2. The van der Waals surface area contributed by atoms with Crippen LogP contribution in [0.3, 0.4) is 0 Å². The molecule has 0 spiro atoms. The number of hydrogen-bond acceptors (Lipinski definition) is 5. The van der Waals surface area contributed by atoms with Gasteiger partial charge in [0.2, 0.25) is 0 Å². The van der Waals surface area contributed by atoms with Crippen LogP contribution < -0.4 is 5.43 Å². The first-order valence-electron chi connectivity index (χ1n) is 10.2. The Balaban J connectivity index is 1.31. The number of benzene rings is 3. The Labute approximate surface area is 184 Å². The van der Waals surface area contributed by atoms with E-state index in [1.54, 1.807) is 30.3 Å². The van der Waals surface area contributed by atoms with Gasteiger partial charge in [-0.2, -0.15) is 10.2 Å². The van der Waals surface area contributed by atoms with Crippen LogP contribution in [0.25, 0.3) is 22.0 Å². The second-order valence-corrected chi connectivity index (χ2v) is 7.59. The van der Waals surface area contributed by atoms with E-state index in [2.05, 4.69) is 55.8 Å². The molecule has 0 fully saturated rings. The molecule has 5 rings (SSSR count). The van der Waals surface area contributed by atoms with Crippen LogP contribution in [0.4, 0.5) is 0 Å². The smallest absolute Gasteiger partial charge is 0.337 e. The zero-order valence-electron chi connectivity index (χ0n) is 17.4. The molecule has 4 aromatic rings. The molecule has 0 unspecified atom stereocenters. The molecule has 1 aliphatic carbocycles. The maximum atomic E-state index is 12.5. The van der Waals surface area contributed by atoms with Crippen molar-refractivity contribution in [2.75, 3.05) is 7.11 Å². The zero-order chi connectivity index (χ0) is 22.1. The molecule has 32 heavy (non-hydrogen) atoms. The lowest BCUT2D eigenvalue weighted by atomic mass is 9.98. The maximum absolute atomic E-state index is 12.5. The molecule has 0 aliphatic heterocycles. The summed E-state index contributed by atoms with van der Waals surface area (Å²) in [6.45, 7) is 0. The number of aromatic amines is 1. The lowest BCUT2D eigenvalue weighted by molar-refractivity contribution is 0.0600. The van der Waals surface area contributed by atoms with Crippen LogP contribution in [0.5, 0.6) is 0 Å². The quantitative estimate of drug-likeness (QED) is 0.289. The number of nitrogens with one attached hydrogen (secondary N) is 2. The average Bonchev–Trinajstić information content (AvgIpc) is 3.48. The van der Waals surface area contributed by atoms with Gasteiger partial charge in [0, 0.05) is 5.56 Å². The topological polar surface area (TPSA) is 96.4 Å². The first-order chi connectivity index (χ1) is 15.6. The molecule has 0 atom stereocenters. The first-order valence-corrected chi connectivity index (χ1v) is 10.2. The minimum absolute atomic E-state index is 0.321. The number of hydrazone groups is 1. The van der Waals surface area contributed by atoms with Gasteiger partial charge in [0.1, 0.15) is 5.69 Å². The lowest BCUT2D eigenvalue weighted by Gasteiger charge is -2.06. The molecule has 7 heteroatoms. The molecule has 1 aromatic heterocycles. The summed E-state index contributed by atoms with van der Waals surface area (Å²) in [6.07, 6.45) is 3.63. The second-order valence-electron chi connectivity index (χ2n) is 7.59. The average molecular weight is 424 g/mol. The Morgan fingerprint density at radius 2 is 1.84 bits per heavy atom. The monoisotopic (exact) mass is 424 g/mol. The summed E-state index contributed by atoms with van der Waals surface area (Å²) >= 11 is 0. The number of amides is 1. The van der Waals surface area contributed by atoms with Crippen molar-refractivity contribution in [2.45, 2.75) is 12.8 Å². The van der Waals surface area contributed by atoms with Crippen molar-refractivity contribution in [2.24, 2.45) is 5.10 Å². The molecule has 0 radical (unpaired) electrons. The van der Waals surface area contributed by atoms with Gasteiger partial charge >= 0.3 is 5.97 Å². The van der Waals surface area contributed by atoms with Crippen molar-refractivity contribution in [3.05, 3.63) is 88.6 Å². The Morgan fingerprint density at radius 1 is 1.06 bits per heavy atom. The van der Waals surface area contributed by atoms with Gasteiger partial charge in [-0.15, -0.1) is 0 Å². The summed E-state index contributed by atoms with van der Waals surface area (Å²) in [5.41, 5.74) is 8.43. The minimum atomic E-state index is -0.405. The number of rotatable bonds is 5. The van der Waals surface area contributed by atoms with E-state index >= 15 is 0 Å². The second kappa shape index (κ2) is 8.11. The molecular weight excluding hydrogens is 404 g/mol. The third-order valence-electron chi connectivity index (χ3n) is 5.69. The standard InChI is InChI=1S/C25H20N4O3/c1-32-25(31)18-7-5-15(6-8-18)14-26-29-24(30)22-13-21(27-28-22)19-12-11-17-10-9-16-3-2-4-20(19)23(16)17/h2-8,11-14H,9-10H2,1H3,(H,27,28)(H,29,30)/b26-14-. The SMILES string of the molecule is COC(=O)c1ccc(/C=N\NC(=O)c2cc(-c3ccc4c5c(cccc35)CC4)n[nH]2)cc1. The van der Waals surface area contributed by atoms with E-state index in [1.807, 2.05) is 0 Å². The molecular formula is C25H20N4O3. The summed E-state index contributed by atoms with van der Waals surface area (Å²) in [4.78, 5) is 24.0. The van der Waals surface area contributed by atoms with Crippen molar-refractivity contribution < 1.29 is 14.3 Å². The van der Waals surface area contributed by atoms with E-state index in [-0.39, 0.29) is 0 Å². The molecule has 1 amide bonds. The van der Waals surface area contributed by atoms with Gasteiger partial charge in [-0.05, 0) is 58.5 Å². The number of aryl methyl sites for hydroxylation is 2. The van der Waals surface area contributed by atoms with Crippen LogP contribution in [0, 0.1) is 0 Å². The molecule has 158 valence electrons. The minimum Gasteiger partial charge on any atom is -0.465 e. The van der Waals surface area contributed by atoms with E-state index in [4.69, 9.17) is 0 Å². The van der Waals surface area contributed by atoms with E-state index in [1.165, 1.54) is 29.8 Å². The summed E-state index contributed by atoms with van der Waals surface area (Å²) in [6, 6.07) is 19.0. The van der Waals surface area contributed by atoms with Crippen molar-refractivity contribution in [1.82, 2.24) is 15.6 Å². The highest BCUT2D eigenvalue weighted by Gasteiger charge is 2.18. The normalized spacial score (nSPS) is 12.4. The highest BCUT2D eigenvalue weighted by Crippen LogP contribution is 2.36. The molecule has 0 bridgehead atoms. The number of carbonyl (C=O) groups is 2. The molecule has 1 heterocycles. The number of H-pyrrole nitrogens is 1. The van der Waals surface area contributed by atoms with Gasteiger partial charge in [-0.3, -0.25) is 9.89 Å². The molecule has 1 aliphatic rings. The van der Waals surface area contributed by atoms with E-state index in [0.717, 1.165) is 29.4 Å². The Bertz CT molecular complexity index is 1360. The van der Waals surface area contributed by atoms with Crippen LogP contribution in [-0.4, -0.2) is 35.4 Å². The van der Waals surface area contributed by atoms with Crippen molar-refractivity contribution >= 4 is 28.9 Å². The van der Waals surface area contributed by atoms with Crippen molar-refractivity contribution in [3.8, 4) is 11.3 Å². The zero-order valence-corrected chi connectivity index (χ0v) is 17.4. The van der Waals surface area contributed by atoms with Gasteiger partial charge in [0.05, 0.1) is 24.6 Å². The molecule has 3 aromatic carbocycles. The first kappa shape index (κ1) is 19.7. The van der Waals surface area contributed by atoms with Crippen LogP contribution in [0.1, 0.15) is 37.5 Å². The molecule has 0 saturated carbocycles. The predicted octanol–water partition coefficient (Wildman–Crippen LogP) is 3.88. The summed E-state index contributed by atoms with van der Waals surface area (Å²) in [7, 11) is 1.33. The number of hydrogen-bond donors (Lipinski definition) is 2. The lowest BCUT2D eigenvalue weighted by Crippen LogP contribution is -2.18. The van der Waals surface area contributed by atoms with Crippen LogP contribution in [-0.2, 0) is 17.6 Å². The largest absolute Gasteiger partial charge is 0.465 e. The highest BCUT2D eigenvalue weighted by atomic mass is 16.5. The molecule has 2 N–H and O–H groups in total. The Morgan fingerprint density at radius 3 is 2.62 bits per heavy atom. The number of ether oxygens (including phenoxy) is 1. The van der Waals surface area contributed by atoms with E-state index in [0.29, 0.717) is 17.0 Å². The third-order valence-corrected chi connectivity index (χ3v) is 5.69. The van der Waals surface area contributed by atoms with Gasteiger partial charge in [0.15, 0.2) is 0 Å². The van der Waals surface area contributed by atoms with Crippen molar-refractivity contribution in [1.29, 1.82) is 0 Å². The fraction of sp³-hybridized carbons (Fsp3) is 0.120. The van der Waals surface area contributed by atoms with E-state index in [9.17, 15) is 9.59 Å². The van der Waals surface area contributed by atoms with Gasteiger partial charge < -0.3 is 4.74 Å². The summed E-state index contributed by atoms with van der Waals surface area (Å²) in [5.74, 6) is -0.797. The van der Waals surface area contributed by atoms with Gasteiger partial charge in [-0.1, -0.05) is 42.5 Å². The number of nitrogens with zero attached hydrogens (tertiary/aromatic N) is 2. The van der Waals surface area contributed by atoms with Crippen LogP contribution in [0.15, 0.2) is 65.8 Å². The fourth-order valence-electron chi connectivity index (χ4n) is 4.09. The van der Waals surface area contributed by atoms with Gasteiger partial charge in [-0.25, -0.2) is 10.2 Å². The summed E-state index contributed by atoms with van der Waals surface area (Å²) < 4.78 is 4.67. The summed E-state index contributed by atoms with van der Waals surface area (Å²) in [5, 5.41) is 13.6. The number of esters is 1. The molecule has 0 saturated heterocycles. The maximum Gasteiger partial charge on any atom is 0.337 e. The van der Waals surface area contributed by atoms with Crippen molar-refractivity contribution in [3.63, 3.8) is 0 Å². The number of carbonyl (C=O) groups excluding carboxylic acids is 2. The Kier molecular flexibility index (Phi) is 4.99. The van der Waals surface area contributed by atoms with Gasteiger partial charge in [0.25, 0.3) is 5.91 Å². The Hall–Kier alpha value is -4.26.